The zero-order chi connectivity index (χ0) is 13.4. The monoisotopic (exact) mass is 249 g/mol. The number of rotatable bonds is 1. The number of fused-ring (bicyclic) bond motifs is 1. The minimum Gasteiger partial charge on any atom is -0.313 e. The predicted molar refractivity (Wildman–Crippen MR) is 72.7 cm³/mol. The smallest absolute Gasteiger partial charge is 0.215 e. The number of hydrogen-bond acceptors (Lipinski definition) is 3. The van der Waals surface area contributed by atoms with E-state index in [1.165, 1.54) is 0 Å². The molecule has 0 unspecified atom stereocenters. The van der Waals surface area contributed by atoms with Gasteiger partial charge in [-0.05, 0) is 24.6 Å². The largest absolute Gasteiger partial charge is 0.313 e. The highest BCUT2D eigenvalue weighted by molar-refractivity contribution is 5.82. The Hall–Kier alpha value is -2.74. The van der Waals surface area contributed by atoms with Crippen LogP contribution in [0.25, 0.3) is 27.4 Å². The van der Waals surface area contributed by atoms with E-state index >= 15 is 0 Å². The van der Waals surface area contributed by atoms with E-state index in [0.717, 1.165) is 28.1 Å². The van der Waals surface area contributed by atoms with Gasteiger partial charge in [-0.3, -0.25) is 4.98 Å². The summed E-state index contributed by atoms with van der Waals surface area (Å²) in [6.45, 7) is 9.19. The van der Waals surface area contributed by atoms with E-state index in [1.54, 1.807) is 18.5 Å². The maximum absolute atomic E-state index is 7.21. The molecule has 0 aliphatic rings. The van der Waals surface area contributed by atoms with Crippen LogP contribution >= 0.6 is 0 Å². The van der Waals surface area contributed by atoms with Crippen molar-refractivity contribution in [1.29, 1.82) is 0 Å². The third-order valence-corrected chi connectivity index (χ3v) is 3.01. The Kier molecular flexibility index (Phi) is 2.50. The van der Waals surface area contributed by atoms with Gasteiger partial charge in [0.1, 0.15) is 11.3 Å². The van der Waals surface area contributed by atoms with Crippen LogP contribution in [0.15, 0.2) is 30.7 Å². The molecule has 19 heavy (non-hydrogen) atoms. The van der Waals surface area contributed by atoms with Crippen LogP contribution in [-0.4, -0.2) is 19.5 Å². The Labute approximate surface area is 110 Å². The van der Waals surface area contributed by atoms with Crippen LogP contribution in [0.4, 0.5) is 5.69 Å². The summed E-state index contributed by atoms with van der Waals surface area (Å²) in [6, 6.07) is 3.80. The number of aryl methyl sites for hydroxylation is 2. The van der Waals surface area contributed by atoms with E-state index in [-0.39, 0.29) is 0 Å². The normalized spacial score (nSPS) is 10.6. The van der Waals surface area contributed by atoms with Crippen LogP contribution in [0.5, 0.6) is 0 Å². The van der Waals surface area contributed by atoms with Crippen LogP contribution < -0.4 is 0 Å². The summed E-state index contributed by atoms with van der Waals surface area (Å²) in [5.74, 6) is 0.738. The van der Waals surface area contributed by atoms with Crippen molar-refractivity contribution in [3.8, 4) is 11.4 Å². The quantitative estimate of drug-likeness (QED) is 0.623. The summed E-state index contributed by atoms with van der Waals surface area (Å²) in [7, 11) is 1.90. The van der Waals surface area contributed by atoms with Gasteiger partial charge in [-0.15, -0.1) is 0 Å². The standard InChI is InChI=1S/C14H11N5/c1-9-6-11-14(17-7-9)19(3)13(18-11)10-4-5-16-8-12(10)15-2/h4-8H,1,3H3. The number of aromatic nitrogens is 4. The molecule has 0 aromatic carbocycles. The molecule has 0 aliphatic carbocycles. The molecule has 0 atom stereocenters. The molecular weight excluding hydrogens is 238 g/mol. The Balaban J connectivity index is 2.32. The second-order valence-corrected chi connectivity index (χ2v) is 4.35. The summed E-state index contributed by atoms with van der Waals surface area (Å²) in [4.78, 5) is 16.4. The molecule has 0 N–H and O–H groups in total. The average molecular weight is 249 g/mol. The highest BCUT2D eigenvalue weighted by Gasteiger charge is 2.14. The van der Waals surface area contributed by atoms with Gasteiger partial charge in [0.15, 0.2) is 5.65 Å². The number of pyridine rings is 2. The molecule has 3 aromatic rings. The molecule has 5 heteroatoms. The highest BCUT2D eigenvalue weighted by atomic mass is 15.1. The van der Waals surface area contributed by atoms with E-state index in [0.29, 0.717) is 5.69 Å². The van der Waals surface area contributed by atoms with Crippen LogP contribution in [0.3, 0.4) is 0 Å². The molecule has 3 rings (SSSR count). The fourth-order valence-electron chi connectivity index (χ4n) is 2.08. The fourth-order valence-corrected chi connectivity index (χ4v) is 2.08. The second kappa shape index (κ2) is 4.18. The Morgan fingerprint density at radius 2 is 2.16 bits per heavy atom. The summed E-state index contributed by atoms with van der Waals surface area (Å²) in [5.41, 5.74) is 4.00. The van der Waals surface area contributed by atoms with Gasteiger partial charge in [-0.25, -0.2) is 14.8 Å². The Bertz CT molecular complexity index is 810. The Morgan fingerprint density at radius 3 is 2.95 bits per heavy atom. The van der Waals surface area contributed by atoms with E-state index in [9.17, 15) is 0 Å². The lowest BCUT2D eigenvalue weighted by atomic mass is 10.2. The van der Waals surface area contributed by atoms with Crippen molar-refractivity contribution in [2.75, 3.05) is 0 Å². The van der Waals surface area contributed by atoms with E-state index in [2.05, 4.69) is 19.8 Å². The number of nitrogens with zero attached hydrogens (tertiary/aromatic N) is 5. The summed E-state index contributed by atoms with van der Waals surface area (Å²) < 4.78 is 1.90. The SMILES string of the molecule is [C-]#[N+]c1cnccc1-c1nc2cc(C)cnc2n1C. The Morgan fingerprint density at radius 1 is 1.32 bits per heavy atom. The summed E-state index contributed by atoms with van der Waals surface area (Å²) in [5, 5.41) is 0. The first kappa shape index (κ1) is 11.4. The molecule has 0 saturated heterocycles. The van der Waals surface area contributed by atoms with Crippen molar-refractivity contribution in [2.45, 2.75) is 6.92 Å². The van der Waals surface area contributed by atoms with Crippen molar-refractivity contribution in [2.24, 2.45) is 7.05 Å². The summed E-state index contributed by atoms with van der Waals surface area (Å²) in [6.07, 6.45) is 5.04. The van der Waals surface area contributed by atoms with Gasteiger partial charge in [0.2, 0.25) is 5.69 Å². The van der Waals surface area contributed by atoms with Gasteiger partial charge in [-0.1, -0.05) is 0 Å². The van der Waals surface area contributed by atoms with Gasteiger partial charge in [0.25, 0.3) is 0 Å². The minimum atomic E-state index is 0.498. The van der Waals surface area contributed by atoms with Gasteiger partial charge < -0.3 is 4.57 Å². The van der Waals surface area contributed by atoms with E-state index in [1.807, 2.05) is 30.8 Å². The lowest BCUT2D eigenvalue weighted by Crippen LogP contribution is -1.94. The molecule has 0 radical (unpaired) electrons. The first-order valence-electron chi connectivity index (χ1n) is 5.81. The summed E-state index contributed by atoms with van der Waals surface area (Å²) >= 11 is 0. The molecule has 0 fully saturated rings. The molecule has 0 aliphatic heterocycles. The average Bonchev–Trinajstić information content (AvgIpc) is 2.75. The molecule has 0 bridgehead atoms. The van der Waals surface area contributed by atoms with E-state index < -0.39 is 0 Å². The first-order valence-corrected chi connectivity index (χ1v) is 5.81. The maximum Gasteiger partial charge on any atom is 0.215 e. The van der Waals surface area contributed by atoms with Gasteiger partial charge in [0.05, 0.1) is 6.57 Å². The molecular formula is C14H11N5. The zero-order valence-corrected chi connectivity index (χ0v) is 10.6. The van der Waals surface area contributed by atoms with Crippen molar-refractivity contribution in [3.05, 3.63) is 47.7 Å². The van der Waals surface area contributed by atoms with Gasteiger partial charge in [-0.2, -0.15) is 0 Å². The van der Waals surface area contributed by atoms with Crippen molar-refractivity contribution in [1.82, 2.24) is 19.5 Å². The fraction of sp³-hybridized carbons (Fsp3) is 0.143. The van der Waals surface area contributed by atoms with Crippen LogP contribution in [0.2, 0.25) is 0 Å². The van der Waals surface area contributed by atoms with Crippen molar-refractivity contribution < 1.29 is 0 Å². The van der Waals surface area contributed by atoms with Crippen molar-refractivity contribution >= 4 is 16.9 Å². The molecule has 3 aromatic heterocycles. The second-order valence-electron chi connectivity index (χ2n) is 4.35. The molecule has 5 nitrogen and oxygen atoms in total. The van der Waals surface area contributed by atoms with E-state index in [4.69, 9.17) is 6.57 Å². The van der Waals surface area contributed by atoms with Gasteiger partial charge >= 0.3 is 0 Å². The van der Waals surface area contributed by atoms with Crippen LogP contribution in [0, 0.1) is 13.5 Å². The zero-order valence-electron chi connectivity index (χ0n) is 10.6. The predicted octanol–water partition coefficient (Wildman–Crippen LogP) is 2.89. The topological polar surface area (TPSA) is 48.0 Å². The lowest BCUT2D eigenvalue weighted by Gasteiger charge is -2.03. The molecule has 0 spiro atoms. The number of imidazole rings is 1. The third-order valence-electron chi connectivity index (χ3n) is 3.01. The van der Waals surface area contributed by atoms with Crippen molar-refractivity contribution in [3.63, 3.8) is 0 Å². The maximum atomic E-state index is 7.21. The first-order chi connectivity index (χ1) is 9.20. The molecule has 92 valence electrons. The highest BCUT2D eigenvalue weighted by Crippen LogP contribution is 2.30. The van der Waals surface area contributed by atoms with Crippen LogP contribution in [-0.2, 0) is 7.05 Å². The van der Waals surface area contributed by atoms with Gasteiger partial charge in [0, 0.05) is 31.2 Å². The third kappa shape index (κ3) is 1.74. The lowest BCUT2D eigenvalue weighted by molar-refractivity contribution is 0.941. The number of hydrogen-bond donors (Lipinski definition) is 0. The van der Waals surface area contributed by atoms with Crippen LogP contribution in [0.1, 0.15) is 5.56 Å². The molecule has 0 saturated carbocycles. The minimum absolute atomic E-state index is 0.498. The molecule has 3 heterocycles. The molecule has 0 amide bonds.